The molecule has 112 valence electrons. The number of aryl methyl sites for hydroxylation is 1. The Kier molecular flexibility index (Phi) is 4.41. The van der Waals surface area contributed by atoms with Gasteiger partial charge in [-0.05, 0) is 62.0 Å². The first-order valence-corrected chi connectivity index (χ1v) is 8.23. The Balaban J connectivity index is 1.67. The molecule has 21 heavy (non-hydrogen) atoms. The van der Waals surface area contributed by atoms with E-state index in [-0.39, 0.29) is 11.9 Å². The maximum Gasteiger partial charge on any atom is 0.261 e. The lowest BCUT2D eigenvalue weighted by Crippen LogP contribution is -2.36. The summed E-state index contributed by atoms with van der Waals surface area (Å²) >= 11 is 1.49. The molecule has 0 aromatic carbocycles. The third-order valence-corrected chi connectivity index (χ3v) is 4.99. The number of furan rings is 1. The average Bonchev–Trinajstić information content (AvgIpc) is 3.21. The highest BCUT2D eigenvalue weighted by Gasteiger charge is 2.26. The normalized spacial score (nSPS) is 17.0. The van der Waals surface area contributed by atoms with E-state index in [4.69, 9.17) is 4.42 Å². The van der Waals surface area contributed by atoms with Crippen LogP contribution in [0.3, 0.4) is 0 Å². The number of amides is 1. The Bertz CT molecular complexity index is 585. The molecule has 3 rings (SSSR count). The lowest BCUT2D eigenvalue weighted by atomic mass is 10.2. The maximum atomic E-state index is 12.3. The molecular weight excluding hydrogens is 284 g/mol. The number of carbonyl (C=O) groups is 1. The van der Waals surface area contributed by atoms with E-state index in [1.165, 1.54) is 24.2 Å². The summed E-state index contributed by atoms with van der Waals surface area (Å²) in [6, 6.07) is 6.01. The van der Waals surface area contributed by atoms with Crippen LogP contribution in [-0.2, 0) is 0 Å². The minimum Gasteiger partial charge on any atom is -0.468 e. The van der Waals surface area contributed by atoms with Gasteiger partial charge in [0.25, 0.3) is 5.91 Å². The number of carbonyl (C=O) groups excluding carboxylic acids is 1. The molecule has 1 aliphatic rings. The molecule has 0 aliphatic carbocycles. The van der Waals surface area contributed by atoms with Crippen molar-refractivity contribution in [1.82, 2.24) is 10.2 Å². The second kappa shape index (κ2) is 6.45. The number of hydrogen-bond donors (Lipinski definition) is 1. The molecule has 0 bridgehead atoms. The van der Waals surface area contributed by atoms with Gasteiger partial charge in [0.15, 0.2) is 0 Å². The molecule has 1 saturated heterocycles. The van der Waals surface area contributed by atoms with Gasteiger partial charge in [0.2, 0.25) is 0 Å². The van der Waals surface area contributed by atoms with Crippen LogP contribution in [0.4, 0.5) is 0 Å². The molecule has 0 unspecified atom stereocenters. The van der Waals surface area contributed by atoms with Gasteiger partial charge in [0, 0.05) is 6.54 Å². The Morgan fingerprint density at radius 2 is 2.24 bits per heavy atom. The second-order valence-electron chi connectivity index (χ2n) is 5.42. The van der Waals surface area contributed by atoms with Gasteiger partial charge in [-0.3, -0.25) is 9.69 Å². The van der Waals surface area contributed by atoms with Gasteiger partial charge in [-0.15, -0.1) is 11.3 Å². The van der Waals surface area contributed by atoms with E-state index >= 15 is 0 Å². The van der Waals surface area contributed by atoms with Crippen LogP contribution in [0.25, 0.3) is 0 Å². The van der Waals surface area contributed by atoms with Crippen LogP contribution < -0.4 is 5.32 Å². The van der Waals surface area contributed by atoms with E-state index in [9.17, 15) is 4.79 Å². The number of hydrogen-bond acceptors (Lipinski definition) is 4. The number of likely N-dealkylation sites (tertiary alicyclic amines) is 1. The Morgan fingerprint density at radius 1 is 1.43 bits per heavy atom. The molecule has 1 aliphatic heterocycles. The minimum atomic E-state index is 0.0123. The van der Waals surface area contributed by atoms with Crippen LogP contribution in [-0.4, -0.2) is 30.4 Å². The molecule has 5 heteroatoms. The highest BCUT2D eigenvalue weighted by Crippen LogP contribution is 2.25. The summed E-state index contributed by atoms with van der Waals surface area (Å²) in [4.78, 5) is 15.5. The molecule has 1 fully saturated rings. The number of thiophene rings is 1. The van der Waals surface area contributed by atoms with Gasteiger partial charge in [-0.25, -0.2) is 0 Å². The summed E-state index contributed by atoms with van der Waals surface area (Å²) in [5.74, 6) is 0.943. The molecule has 0 saturated carbocycles. The molecule has 3 heterocycles. The highest BCUT2D eigenvalue weighted by atomic mass is 32.1. The predicted molar refractivity (Wildman–Crippen MR) is 83.6 cm³/mol. The zero-order valence-corrected chi connectivity index (χ0v) is 13.0. The van der Waals surface area contributed by atoms with Gasteiger partial charge in [-0.2, -0.15) is 0 Å². The van der Waals surface area contributed by atoms with Crippen molar-refractivity contribution in [1.29, 1.82) is 0 Å². The van der Waals surface area contributed by atoms with Gasteiger partial charge in [0.1, 0.15) is 5.76 Å². The first-order chi connectivity index (χ1) is 10.3. The lowest BCUT2D eigenvalue weighted by Gasteiger charge is -2.25. The first kappa shape index (κ1) is 14.4. The van der Waals surface area contributed by atoms with Crippen LogP contribution in [0.5, 0.6) is 0 Å². The molecular formula is C16H20N2O2S. The molecule has 0 spiro atoms. The molecule has 1 N–H and O–H groups in total. The minimum absolute atomic E-state index is 0.0123. The monoisotopic (exact) mass is 304 g/mol. The van der Waals surface area contributed by atoms with Crippen LogP contribution in [0.2, 0.25) is 0 Å². The topological polar surface area (TPSA) is 45.5 Å². The number of rotatable bonds is 5. The van der Waals surface area contributed by atoms with E-state index in [0.717, 1.165) is 29.3 Å². The largest absolute Gasteiger partial charge is 0.468 e. The van der Waals surface area contributed by atoms with Gasteiger partial charge in [-0.1, -0.05) is 0 Å². The van der Waals surface area contributed by atoms with Crippen molar-refractivity contribution >= 4 is 17.2 Å². The second-order valence-corrected chi connectivity index (χ2v) is 6.33. The predicted octanol–water partition coefficient (Wildman–Crippen LogP) is 3.22. The van der Waals surface area contributed by atoms with Crippen molar-refractivity contribution in [3.05, 3.63) is 46.0 Å². The van der Waals surface area contributed by atoms with Crippen LogP contribution >= 0.6 is 11.3 Å². The first-order valence-electron chi connectivity index (χ1n) is 7.35. The Morgan fingerprint density at radius 3 is 2.86 bits per heavy atom. The summed E-state index contributed by atoms with van der Waals surface area (Å²) in [5.41, 5.74) is 1.04. The van der Waals surface area contributed by atoms with Crippen molar-refractivity contribution in [2.45, 2.75) is 25.8 Å². The SMILES string of the molecule is Cc1ccsc1C(=O)NC[C@@H](c1ccco1)N1CCCC1. The third kappa shape index (κ3) is 3.19. The lowest BCUT2D eigenvalue weighted by molar-refractivity contribution is 0.0937. The molecule has 1 atom stereocenters. The molecule has 0 radical (unpaired) electrons. The zero-order valence-electron chi connectivity index (χ0n) is 12.2. The summed E-state index contributed by atoms with van der Waals surface area (Å²) in [7, 11) is 0. The highest BCUT2D eigenvalue weighted by molar-refractivity contribution is 7.12. The quantitative estimate of drug-likeness (QED) is 0.922. The van der Waals surface area contributed by atoms with E-state index in [1.807, 2.05) is 30.5 Å². The Labute approximate surface area is 128 Å². The molecule has 4 nitrogen and oxygen atoms in total. The Hall–Kier alpha value is -1.59. The van der Waals surface area contributed by atoms with E-state index in [0.29, 0.717) is 6.54 Å². The van der Waals surface area contributed by atoms with Crippen molar-refractivity contribution in [3.8, 4) is 0 Å². The summed E-state index contributed by atoms with van der Waals surface area (Å²) in [5, 5.41) is 5.01. The van der Waals surface area contributed by atoms with Gasteiger partial charge >= 0.3 is 0 Å². The van der Waals surface area contributed by atoms with E-state index in [1.54, 1.807) is 6.26 Å². The van der Waals surface area contributed by atoms with Crippen molar-refractivity contribution in [2.24, 2.45) is 0 Å². The number of nitrogens with one attached hydrogen (secondary N) is 1. The zero-order chi connectivity index (χ0) is 14.7. The summed E-state index contributed by atoms with van der Waals surface area (Å²) in [6.45, 7) is 4.69. The molecule has 2 aromatic rings. The standard InChI is InChI=1S/C16H20N2O2S/c1-12-6-10-21-15(12)16(19)17-11-13(14-5-4-9-20-14)18-7-2-3-8-18/h4-6,9-10,13H,2-3,7-8,11H2,1H3,(H,17,19)/t13-/m0/s1. The summed E-state index contributed by atoms with van der Waals surface area (Å²) in [6.07, 6.45) is 4.13. The van der Waals surface area contributed by atoms with Crippen LogP contribution in [0, 0.1) is 6.92 Å². The number of nitrogens with zero attached hydrogens (tertiary/aromatic N) is 1. The van der Waals surface area contributed by atoms with Gasteiger partial charge < -0.3 is 9.73 Å². The fraction of sp³-hybridized carbons (Fsp3) is 0.438. The van der Waals surface area contributed by atoms with E-state index < -0.39 is 0 Å². The van der Waals surface area contributed by atoms with Crippen LogP contribution in [0.15, 0.2) is 34.3 Å². The van der Waals surface area contributed by atoms with Crippen molar-refractivity contribution < 1.29 is 9.21 Å². The summed E-state index contributed by atoms with van der Waals surface area (Å²) < 4.78 is 5.56. The van der Waals surface area contributed by atoms with Crippen molar-refractivity contribution in [2.75, 3.05) is 19.6 Å². The van der Waals surface area contributed by atoms with Gasteiger partial charge in [0.05, 0.1) is 17.2 Å². The average molecular weight is 304 g/mol. The van der Waals surface area contributed by atoms with E-state index in [2.05, 4.69) is 10.2 Å². The fourth-order valence-electron chi connectivity index (χ4n) is 2.82. The van der Waals surface area contributed by atoms with Crippen molar-refractivity contribution in [3.63, 3.8) is 0 Å². The third-order valence-electron chi connectivity index (χ3n) is 3.98. The van der Waals surface area contributed by atoms with Crippen LogP contribution in [0.1, 0.15) is 39.9 Å². The maximum absolute atomic E-state index is 12.3. The smallest absolute Gasteiger partial charge is 0.261 e. The molecule has 1 amide bonds. The molecule has 2 aromatic heterocycles. The fourth-order valence-corrected chi connectivity index (χ4v) is 3.66.